The molecule has 1 aliphatic rings. The topological polar surface area (TPSA) is 144 Å². The van der Waals surface area contributed by atoms with Gasteiger partial charge in [0.05, 0.1) is 11.4 Å². The van der Waals surface area contributed by atoms with Gasteiger partial charge >= 0.3 is 18.2 Å². The molecule has 0 bridgehead atoms. The van der Waals surface area contributed by atoms with Crippen molar-refractivity contribution in [3.63, 3.8) is 0 Å². The highest BCUT2D eigenvalue weighted by atomic mass is 16.6. The lowest BCUT2D eigenvalue weighted by atomic mass is 9.99. The molecule has 1 fully saturated rings. The Morgan fingerprint density at radius 3 is 1.96 bits per heavy atom. The third-order valence-electron chi connectivity index (χ3n) is 7.72. The molecule has 12 heteroatoms. The van der Waals surface area contributed by atoms with Crippen LogP contribution in [0.2, 0.25) is 0 Å². The van der Waals surface area contributed by atoms with E-state index in [1.807, 2.05) is 43.9 Å². The Bertz CT molecular complexity index is 1670. The number of anilines is 2. The molecule has 3 aromatic rings. The second kappa shape index (κ2) is 17.0. The van der Waals surface area contributed by atoms with Crippen molar-refractivity contribution in [2.24, 2.45) is 0 Å². The van der Waals surface area contributed by atoms with Crippen molar-refractivity contribution in [2.45, 2.75) is 78.2 Å². The lowest BCUT2D eigenvalue weighted by Gasteiger charge is -2.37. The molecule has 12 nitrogen and oxygen atoms in total. The first-order valence-corrected chi connectivity index (χ1v) is 17.1. The van der Waals surface area contributed by atoms with E-state index in [0.29, 0.717) is 37.4 Å². The predicted octanol–water partition coefficient (Wildman–Crippen LogP) is 6.33. The molecule has 3 aromatic carbocycles. The zero-order chi connectivity index (χ0) is 37.2. The van der Waals surface area contributed by atoms with Crippen molar-refractivity contribution in [1.82, 2.24) is 10.2 Å². The fraction of sp³-hybridized carbons (Fsp3) is 0.410. The third kappa shape index (κ3) is 11.9. The van der Waals surface area contributed by atoms with Gasteiger partial charge in [-0.3, -0.25) is 14.4 Å². The van der Waals surface area contributed by atoms with Gasteiger partial charge < -0.3 is 34.6 Å². The molecule has 4 rings (SSSR count). The Balaban J connectivity index is 1.61. The van der Waals surface area contributed by atoms with Gasteiger partial charge in [0.15, 0.2) is 5.78 Å². The summed E-state index contributed by atoms with van der Waals surface area (Å²) in [6.45, 7) is 12.1. The van der Waals surface area contributed by atoms with Gasteiger partial charge in [-0.15, -0.1) is 0 Å². The normalized spacial score (nSPS) is 13.8. The second-order valence-electron chi connectivity index (χ2n) is 14.2. The van der Waals surface area contributed by atoms with E-state index < -0.39 is 41.3 Å². The van der Waals surface area contributed by atoms with Crippen molar-refractivity contribution in [1.29, 1.82) is 0 Å². The van der Waals surface area contributed by atoms with Crippen LogP contribution in [0.15, 0.2) is 78.9 Å². The Hall–Kier alpha value is -5.39. The van der Waals surface area contributed by atoms with Crippen LogP contribution in [-0.4, -0.2) is 78.2 Å². The summed E-state index contributed by atoms with van der Waals surface area (Å²) in [6.07, 6.45) is -1.53. The van der Waals surface area contributed by atoms with E-state index in [-0.39, 0.29) is 36.5 Å². The van der Waals surface area contributed by atoms with E-state index in [1.54, 1.807) is 86.3 Å². The number of carbonyl (C=O) groups excluding carboxylic acids is 5. The summed E-state index contributed by atoms with van der Waals surface area (Å²) in [5.74, 6) is -1.51. The quantitative estimate of drug-likeness (QED) is 0.133. The summed E-state index contributed by atoms with van der Waals surface area (Å²) in [6, 6.07) is 21.7. The van der Waals surface area contributed by atoms with Crippen LogP contribution in [0.25, 0.3) is 0 Å². The van der Waals surface area contributed by atoms with Crippen LogP contribution in [0.1, 0.15) is 75.9 Å². The number of nitrogens with zero attached hydrogens (tertiary/aromatic N) is 2. The van der Waals surface area contributed by atoms with E-state index in [2.05, 4.69) is 10.6 Å². The molecule has 0 aliphatic carbocycles. The summed E-state index contributed by atoms with van der Waals surface area (Å²) in [4.78, 5) is 70.0. The number of ketones is 1. The maximum Gasteiger partial charge on any atom is 0.410 e. The molecule has 0 spiro atoms. The van der Waals surface area contributed by atoms with Crippen LogP contribution in [0, 0.1) is 0 Å². The van der Waals surface area contributed by atoms with E-state index in [1.165, 1.54) is 0 Å². The third-order valence-corrected chi connectivity index (χ3v) is 7.72. The van der Waals surface area contributed by atoms with Crippen molar-refractivity contribution in [3.05, 3.63) is 95.6 Å². The first kappa shape index (κ1) is 38.4. The van der Waals surface area contributed by atoms with Gasteiger partial charge in [-0.1, -0.05) is 66.7 Å². The standard InChI is InChI=1S/C39H48N4O8/c1-38(2,3)50-32(44)21-20-30(40-36(47)49-26-27-14-9-7-10-15-27)35(46)41-33-29(34(45)28-16-11-8-12-17-28)18-13-19-31(33)42-22-24-43(25-23-42)37(48)51-39(4,5)6/h7-19,30H,20-26H2,1-6H3,(H,40,47)(H,41,46)/t30-/m0/s1. The molecule has 2 N–H and O–H groups in total. The molecule has 1 heterocycles. The number of benzene rings is 3. The first-order valence-electron chi connectivity index (χ1n) is 17.1. The molecule has 1 saturated heterocycles. The monoisotopic (exact) mass is 700 g/mol. The summed E-state index contributed by atoms with van der Waals surface area (Å²) in [7, 11) is 0. The summed E-state index contributed by atoms with van der Waals surface area (Å²) in [5.41, 5.74) is 0.834. The molecule has 272 valence electrons. The Morgan fingerprint density at radius 1 is 0.745 bits per heavy atom. The number of piperazine rings is 1. The lowest BCUT2D eigenvalue weighted by Crippen LogP contribution is -2.50. The summed E-state index contributed by atoms with van der Waals surface area (Å²) >= 11 is 0. The SMILES string of the molecule is CC(C)(C)OC(=O)CC[C@H](NC(=O)OCc1ccccc1)C(=O)Nc1c(C(=O)c2ccccc2)cccc1N1CCN(C(=O)OC(C)(C)C)CC1. The molecular weight excluding hydrogens is 652 g/mol. The predicted molar refractivity (Wildman–Crippen MR) is 194 cm³/mol. The first-order chi connectivity index (χ1) is 24.1. The fourth-order valence-corrected chi connectivity index (χ4v) is 5.37. The lowest BCUT2D eigenvalue weighted by molar-refractivity contribution is -0.155. The molecule has 0 saturated carbocycles. The van der Waals surface area contributed by atoms with Crippen LogP contribution in [0.5, 0.6) is 0 Å². The minimum absolute atomic E-state index is 0.0269. The van der Waals surface area contributed by atoms with Crippen molar-refractivity contribution in [3.8, 4) is 0 Å². The van der Waals surface area contributed by atoms with E-state index in [4.69, 9.17) is 14.2 Å². The fourth-order valence-electron chi connectivity index (χ4n) is 5.37. The minimum Gasteiger partial charge on any atom is -0.460 e. The molecule has 3 amide bonds. The number of hydrogen-bond donors (Lipinski definition) is 2. The Morgan fingerprint density at radius 2 is 1.35 bits per heavy atom. The number of rotatable bonds is 11. The number of ether oxygens (including phenoxy) is 3. The van der Waals surface area contributed by atoms with E-state index in [0.717, 1.165) is 5.56 Å². The largest absolute Gasteiger partial charge is 0.460 e. The van der Waals surface area contributed by atoms with Gasteiger partial charge in [0, 0.05) is 43.7 Å². The number of para-hydroxylation sites is 1. The van der Waals surface area contributed by atoms with E-state index in [9.17, 15) is 24.0 Å². The van der Waals surface area contributed by atoms with Crippen molar-refractivity contribution >= 4 is 41.2 Å². The zero-order valence-electron chi connectivity index (χ0n) is 30.2. The van der Waals surface area contributed by atoms with Gasteiger partial charge in [0.1, 0.15) is 23.9 Å². The summed E-state index contributed by atoms with van der Waals surface area (Å²) < 4.78 is 16.4. The highest BCUT2D eigenvalue weighted by Gasteiger charge is 2.31. The highest BCUT2D eigenvalue weighted by molar-refractivity contribution is 6.16. The van der Waals surface area contributed by atoms with Crippen molar-refractivity contribution in [2.75, 3.05) is 36.4 Å². The Labute approximate surface area is 299 Å². The maximum atomic E-state index is 14.1. The Kier molecular flexibility index (Phi) is 12.8. The van der Waals surface area contributed by atoms with Crippen LogP contribution in [-0.2, 0) is 30.4 Å². The maximum absolute atomic E-state index is 14.1. The second-order valence-corrected chi connectivity index (χ2v) is 14.2. The van der Waals surface area contributed by atoms with Crippen LogP contribution >= 0.6 is 0 Å². The van der Waals surface area contributed by atoms with Crippen LogP contribution in [0.4, 0.5) is 21.0 Å². The van der Waals surface area contributed by atoms with Gasteiger partial charge in [-0.05, 0) is 65.7 Å². The molecule has 0 aromatic heterocycles. The molecule has 0 radical (unpaired) electrons. The molecule has 1 aliphatic heterocycles. The van der Waals surface area contributed by atoms with Gasteiger partial charge in [-0.25, -0.2) is 9.59 Å². The van der Waals surface area contributed by atoms with Gasteiger partial charge in [0.2, 0.25) is 5.91 Å². The smallest absolute Gasteiger partial charge is 0.410 e. The summed E-state index contributed by atoms with van der Waals surface area (Å²) in [5, 5.41) is 5.52. The van der Waals surface area contributed by atoms with Crippen LogP contribution < -0.4 is 15.5 Å². The molecular formula is C39H48N4O8. The average Bonchev–Trinajstić information content (AvgIpc) is 3.08. The van der Waals surface area contributed by atoms with E-state index >= 15 is 0 Å². The minimum atomic E-state index is -1.22. The van der Waals surface area contributed by atoms with Crippen LogP contribution in [0.3, 0.4) is 0 Å². The molecule has 1 atom stereocenters. The van der Waals surface area contributed by atoms with Gasteiger partial charge in [0.25, 0.3) is 0 Å². The number of nitrogens with one attached hydrogen (secondary N) is 2. The zero-order valence-corrected chi connectivity index (χ0v) is 30.2. The van der Waals surface area contributed by atoms with Gasteiger partial charge in [-0.2, -0.15) is 0 Å². The number of hydrogen-bond acceptors (Lipinski definition) is 9. The average molecular weight is 701 g/mol. The number of amides is 3. The number of carbonyl (C=O) groups is 5. The number of alkyl carbamates (subject to hydrolysis) is 1. The molecule has 51 heavy (non-hydrogen) atoms. The molecule has 0 unspecified atom stereocenters. The number of esters is 1. The van der Waals surface area contributed by atoms with Crippen molar-refractivity contribution < 1.29 is 38.2 Å². The highest BCUT2D eigenvalue weighted by Crippen LogP contribution is 2.33.